The van der Waals surface area contributed by atoms with Crippen molar-refractivity contribution in [3.05, 3.63) is 47.5 Å². The van der Waals surface area contributed by atoms with Gasteiger partial charge in [0, 0.05) is 58.2 Å². The number of aromatic nitrogens is 3. The fraction of sp³-hybridized carbons (Fsp3) is 0.444. The van der Waals surface area contributed by atoms with Crippen molar-refractivity contribution in [1.29, 1.82) is 0 Å². The number of rotatable bonds is 6. The first kappa shape index (κ1) is 20.2. The zero-order chi connectivity index (χ0) is 20.3. The molecule has 1 amide bonds. The predicted octanol–water partition coefficient (Wildman–Crippen LogP) is 0.617. The van der Waals surface area contributed by atoms with Crippen molar-refractivity contribution in [2.45, 2.75) is 18.9 Å². The molecule has 1 N–H and O–H groups in total. The first-order chi connectivity index (χ1) is 13.3. The number of sulfonamides is 1. The Bertz CT molecular complexity index is 949. The van der Waals surface area contributed by atoms with E-state index < -0.39 is 10.0 Å². The molecule has 1 fully saturated rings. The zero-order valence-electron chi connectivity index (χ0n) is 16.2. The van der Waals surface area contributed by atoms with Crippen LogP contribution >= 0.6 is 0 Å². The molecule has 3 heterocycles. The van der Waals surface area contributed by atoms with Crippen LogP contribution < -0.4 is 10.2 Å². The summed E-state index contributed by atoms with van der Waals surface area (Å²) in [5.41, 5.74) is 1.83. The Kier molecular flexibility index (Phi) is 5.90. The lowest BCUT2D eigenvalue weighted by Gasteiger charge is -2.18. The number of pyridine rings is 1. The third-order valence-electron chi connectivity index (χ3n) is 4.63. The Balaban J connectivity index is 1.85. The van der Waals surface area contributed by atoms with Crippen LogP contribution in [0.5, 0.6) is 0 Å². The van der Waals surface area contributed by atoms with E-state index in [1.165, 1.54) is 16.8 Å². The summed E-state index contributed by atoms with van der Waals surface area (Å²) in [4.78, 5) is 27.4. The average Bonchev–Trinajstić information content (AvgIpc) is 3.17. The van der Waals surface area contributed by atoms with Gasteiger partial charge in [-0.1, -0.05) is 6.07 Å². The van der Waals surface area contributed by atoms with E-state index in [0.717, 1.165) is 5.56 Å². The van der Waals surface area contributed by atoms with Crippen LogP contribution in [0.2, 0.25) is 0 Å². The largest absolute Gasteiger partial charge is 0.348 e. The van der Waals surface area contributed by atoms with Gasteiger partial charge in [0.2, 0.25) is 16.0 Å². The SMILES string of the molecule is CN(C)c1ncc(C(=O)NCc2cccnc2)c(C2CCN(S(C)(=O)=O)C2)n1. The van der Waals surface area contributed by atoms with Gasteiger partial charge in [0.05, 0.1) is 17.5 Å². The molecule has 9 nitrogen and oxygen atoms in total. The topological polar surface area (TPSA) is 108 Å². The summed E-state index contributed by atoms with van der Waals surface area (Å²) in [5, 5.41) is 2.86. The predicted molar refractivity (Wildman–Crippen MR) is 106 cm³/mol. The third kappa shape index (κ3) is 4.63. The molecular formula is C18H24N6O3S. The summed E-state index contributed by atoms with van der Waals surface area (Å²) in [7, 11) is 0.359. The summed E-state index contributed by atoms with van der Waals surface area (Å²) >= 11 is 0. The summed E-state index contributed by atoms with van der Waals surface area (Å²) < 4.78 is 25.2. The lowest BCUT2D eigenvalue weighted by atomic mass is 10.00. The van der Waals surface area contributed by atoms with Gasteiger partial charge in [0.15, 0.2) is 0 Å². The molecule has 0 bridgehead atoms. The van der Waals surface area contributed by atoms with E-state index in [1.54, 1.807) is 23.4 Å². The number of hydrogen-bond acceptors (Lipinski definition) is 7. The number of nitrogens with zero attached hydrogens (tertiary/aromatic N) is 5. The highest BCUT2D eigenvalue weighted by atomic mass is 32.2. The first-order valence-electron chi connectivity index (χ1n) is 8.92. The van der Waals surface area contributed by atoms with Gasteiger partial charge < -0.3 is 10.2 Å². The maximum atomic E-state index is 12.8. The van der Waals surface area contributed by atoms with Crippen LogP contribution in [0.25, 0.3) is 0 Å². The number of anilines is 1. The monoisotopic (exact) mass is 404 g/mol. The van der Waals surface area contributed by atoms with Crippen LogP contribution in [-0.2, 0) is 16.6 Å². The molecule has 0 saturated carbocycles. The second-order valence-corrected chi connectivity index (χ2v) is 9.00. The number of carbonyl (C=O) groups is 1. The molecule has 1 unspecified atom stereocenters. The Morgan fingerprint density at radius 1 is 1.36 bits per heavy atom. The summed E-state index contributed by atoms with van der Waals surface area (Å²) in [5.74, 6) is 0.0362. The van der Waals surface area contributed by atoms with Crippen molar-refractivity contribution >= 4 is 21.9 Å². The van der Waals surface area contributed by atoms with E-state index in [9.17, 15) is 13.2 Å². The average molecular weight is 404 g/mol. The van der Waals surface area contributed by atoms with Crippen molar-refractivity contribution in [2.75, 3.05) is 38.3 Å². The van der Waals surface area contributed by atoms with E-state index in [2.05, 4.69) is 20.3 Å². The molecule has 1 aliphatic rings. The van der Waals surface area contributed by atoms with Crippen LogP contribution in [0.4, 0.5) is 5.95 Å². The van der Waals surface area contributed by atoms with E-state index in [-0.39, 0.29) is 11.8 Å². The van der Waals surface area contributed by atoms with Crippen LogP contribution in [0.15, 0.2) is 30.7 Å². The van der Waals surface area contributed by atoms with Crippen molar-refractivity contribution in [3.8, 4) is 0 Å². The Morgan fingerprint density at radius 3 is 2.75 bits per heavy atom. The second-order valence-electron chi connectivity index (χ2n) is 7.01. The molecule has 2 aromatic rings. The molecule has 150 valence electrons. The maximum Gasteiger partial charge on any atom is 0.254 e. The van der Waals surface area contributed by atoms with Gasteiger partial charge in [-0.05, 0) is 18.1 Å². The van der Waals surface area contributed by atoms with Crippen molar-refractivity contribution in [1.82, 2.24) is 24.6 Å². The quantitative estimate of drug-likeness (QED) is 0.752. The zero-order valence-corrected chi connectivity index (χ0v) is 17.0. The van der Waals surface area contributed by atoms with Gasteiger partial charge in [-0.3, -0.25) is 9.78 Å². The number of carbonyl (C=O) groups excluding carboxylic acids is 1. The van der Waals surface area contributed by atoms with Crippen LogP contribution in [0.1, 0.15) is 34.0 Å². The molecule has 28 heavy (non-hydrogen) atoms. The molecule has 2 aromatic heterocycles. The lowest BCUT2D eigenvalue weighted by molar-refractivity contribution is 0.0948. The van der Waals surface area contributed by atoms with Crippen molar-refractivity contribution < 1.29 is 13.2 Å². The van der Waals surface area contributed by atoms with Gasteiger partial charge in [-0.2, -0.15) is 0 Å². The Morgan fingerprint density at radius 2 is 2.14 bits per heavy atom. The van der Waals surface area contributed by atoms with Gasteiger partial charge in [0.25, 0.3) is 5.91 Å². The smallest absolute Gasteiger partial charge is 0.254 e. The minimum absolute atomic E-state index is 0.157. The van der Waals surface area contributed by atoms with E-state index in [1.807, 2.05) is 20.2 Å². The minimum atomic E-state index is -3.28. The standard InChI is InChI=1S/C18H24N6O3S/c1-23(2)18-21-11-15(17(25)20-10-13-5-4-7-19-9-13)16(22-18)14-6-8-24(12-14)28(3,26)27/h4-5,7,9,11,14H,6,8,10,12H2,1-3H3,(H,20,25). The van der Waals surface area contributed by atoms with Gasteiger partial charge in [0.1, 0.15) is 0 Å². The molecule has 0 aromatic carbocycles. The summed E-state index contributed by atoms with van der Waals surface area (Å²) in [6.45, 7) is 1.06. The van der Waals surface area contributed by atoms with Gasteiger partial charge in [-0.25, -0.2) is 22.7 Å². The van der Waals surface area contributed by atoms with E-state index >= 15 is 0 Å². The molecule has 1 saturated heterocycles. The molecular weight excluding hydrogens is 380 g/mol. The van der Waals surface area contributed by atoms with Gasteiger partial charge in [-0.15, -0.1) is 0 Å². The van der Waals surface area contributed by atoms with Crippen LogP contribution in [-0.4, -0.2) is 67.0 Å². The normalized spacial score (nSPS) is 17.5. The van der Waals surface area contributed by atoms with Gasteiger partial charge >= 0.3 is 0 Å². The Labute approximate surface area is 164 Å². The molecule has 1 atom stereocenters. The second kappa shape index (κ2) is 8.19. The molecule has 0 aliphatic carbocycles. The number of amides is 1. The molecule has 10 heteroatoms. The molecule has 0 radical (unpaired) electrons. The number of hydrogen-bond donors (Lipinski definition) is 1. The molecule has 0 spiro atoms. The fourth-order valence-electron chi connectivity index (χ4n) is 3.12. The van der Waals surface area contributed by atoms with Crippen molar-refractivity contribution in [2.24, 2.45) is 0 Å². The summed E-state index contributed by atoms with van der Waals surface area (Å²) in [6.07, 6.45) is 6.68. The number of nitrogens with one attached hydrogen (secondary N) is 1. The van der Waals surface area contributed by atoms with Crippen molar-refractivity contribution in [3.63, 3.8) is 0 Å². The fourth-order valence-corrected chi connectivity index (χ4v) is 4.01. The maximum absolute atomic E-state index is 12.8. The highest BCUT2D eigenvalue weighted by Gasteiger charge is 2.33. The first-order valence-corrected chi connectivity index (χ1v) is 10.8. The van der Waals surface area contributed by atoms with E-state index in [4.69, 9.17) is 0 Å². The van der Waals surface area contributed by atoms with Crippen LogP contribution in [0, 0.1) is 0 Å². The third-order valence-corrected chi connectivity index (χ3v) is 5.90. The highest BCUT2D eigenvalue weighted by molar-refractivity contribution is 7.88. The highest BCUT2D eigenvalue weighted by Crippen LogP contribution is 2.30. The lowest BCUT2D eigenvalue weighted by Crippen LogP contribution is -2.29. The van der Waals surface area contributed by atoms with E-state index in [0.29, 0.717) is 43.3 Å². The summed E-state index contributed by atoms with van der Waals surface area (Å²) in [6, 6.07) is 3.68. The van der Waals surface area contributed by atoms with Crippen LogP contribution in [0.3, 0.4) is 0 Å². The molecule has 1 aliphatic heterocycles. The minimum Gasteiger partial charge on any atom is -0.348 e. The molecule has 3 rings (SSSR count). The Hall–Kier alpha value is -2.59.